The van der Waals surface area contributed by atoms with Crippen LogP contribution in [0, 0.1) is 6.92 Å². The first-order chi connectivity index (χ1) is 15.9. The molecular weight excluding hydrogens is 424 g/mol. The monoisotopic (exact) mass is 450 g/mol. The number of hydrogen-bond donors (Lipinski definition) is 1. The minimum Gasteiger partial charge on any atom is -0.495 e. The molecule has 8 heteroatoms. The summed E-state index contributed by atoms with van der Waals surface area (Å²) in [6, 6.07) is 9.54. The van der Waals surface area contributed by atoms with Gasteiger partial charge in [-0.15, -0.1) is 0 Å². The lowest BCUT2D eigenvalue weighted by Gasteiger charge is -2.29. The predicted molar refractivity (Wildman–Crippen MR) is 120 cm³/mol. The molecule has 0 atom stereocenters. The van der Waals surface area contributed by atoms with Gasteiger partial charge in [-0.2, -0.15) is 0 Å². The Morgan fingerprint density at radius 3 is 2.45 bits per heavy atom. The number of carbonyl (C=O) groups excluding carboxylic acids is 4. The number of hydrogen-bond acceptors (Lipinski definition) is 6. The standard InChI is InChI=1S/C25H26N2O6/c1-15-8-11-21(32-2)20(12-15)26-22(28)14-33-25(31)16-9-10-18-19(13-16)24(30)27(23(18)29)17-6-4-3-5-7-17/h8-13,17H,3-7,14H2,1-2H3,(H,26,28). The molecule has 0 spiro atoms. The Balaban J connectivity index is 1.41. The van der Waals surface area contributed by atoms with E-state index in [-0.39, 0.29) is 29.0 Å². The number of aryl methyl sites for hydroxylation is 1. The molecule has 33 heavy (non-hydrogen) atoms. The summed E-state index contributed by atoms with van der Waals surface area (Å²) in [5.74, 6) is -1.47. The number of esters is 1. The molecule has 8 nitrogen and oxygen atoms in total. The summed E-state index contributed by atoms with van der Waals surface area (Å²) in [5.41, 5.74) is 2.02. The highest BCUT2D eigenvalue weighted by Crippen LogP contribution is 2.31. The second-order valence-corrected chi connectivity index (χ2v) is 8.36. The van der Waals surface area contributed by atoms with Gasteiger partial charge in [-0.05, 0) is 55.7 Å². The van der Waals surface area contributed by atoms with E-state index < -0.39 is 18.5 Å². The van der Waals surface area contributed by atoms with Gasteiger partial charge in [0.05, 0.1) is 29.5 Å². The van der Waals surface area contributed by atoms with Crippen LogP contribution in [0.15, 0.2) is 36.4 Å². The largest absolute Gasteiger partial charge is 0.495 e. The van der Waals surface area contributed by atoms with Crippen molar-refractivity contribution in [3.63, 3.8) is 0 Å². The number of imide groups is 1. The fourth-order valence-electron chi connectivity index (χ4n) is 4.38. The molecule has 0 saturated heterocycles. The van der Waals surface area contributed by atoms with Gasteiger partial charge >= 0.3 is 5.97 Å². The van der Waals surface area contributed by atoms with Crippen LogP contribution >= 0.6 is 0 Å². The number of amides is 3. The molecule has 0 aromatic heterocycles. The molecule has 1 aliphatic carbocycles. The van der Waals surface area contributed by atoms with Crippen LogP contribution < -0.4 is 10.1 Å². The second-order valence-electron chi connectivity index (χ2n) is 8.36. The van der Waals surface area contributed by atoms with E-state index in [1.807, 2.05) is 13.0 Å². The van der Waals surface area contributed by atoms with E-state index in [1.165, 1.54) is 30.2 Å². The molecule has 3 amide bonds. The van der Waals surface area contributed by atoms with Crippen LogP contribution in [0.4, 0.5) is 5.69 Å². The molecule has 0 radical (unpaired) electrons. The van der Waals surface area contributed by atoms with Gasteiger partial charge in [0, 0.05) is 6.04 Å². The van der Waals surface area contributed by atoms with Crippen molar-refractivity contribution in [2.45, 2.75) is 45.1 Å². The third kappa shape index (κ3) is 4.60. The van der Waals surface area contributed by atoms with Crippen molar-refractivity contribution in [3.8, 4) is 5.75 Å². The fraction of sp³-hybridized carbons (Fsp3) is 0.360. The highest BCUT2D eigenvalue weighted by molar-refractivity contribution is 6.22. The third-order valence-corrected chi connectivity index (χ3v) is 6.06. The van der Waals surface area contributed by atoms with Gasteiger partial charge in [-0.25, -0.2) is 4.79 Å². The molecule has 0 unspecified atom stereocenters. The van der Waals surface area contributed by atoms with Crippen molar-refractivity contribution >= 4 is 29.4 Å². The van der Waals surface area contributed by atoms with Crippen LogP contribution in [-0.2, 0) is 9.53 Å². The summed E-state index contributed by atoms with van der Waals surface area (Å²) in [5, 5.41) is 2.66. The summed E-state index contributed by atoms with van der Waals surface area (Å²) in [6.45, 7) is 1.37. The number of anilines is 1. The van der Waals surface area contributed by atoms with Crippen LogP contribution in [0.5, 0.6) is 5.75 Å². The zero-order chi connectivity index (χ0) is 23.5. The maximum atomic E-state index is 12.9. The number of benzene rings is 2. The van der Waals surface area contributed by atoms with Crippen molar-refractivity contribution in [1.29, 1.82) is 0 Å². The zero-order valence-corrected chi connectivity index (χ0v) is 18.7. The van der Waals surface area contributed by atoms with Crippen LogP contribution in [0.3, 0.4) is 0 Å². The van der Waals surface area contributed by atoms with Crippen LogP contribution in [0.1, 0.15) is 68.7 Å². The van der Waals surface area contributed by atoms with E-state index in [0.29, 0.717) is 17.0 Å². The molecule has 1 aliphatic heterocycles. The van der Waals surface area contributed by atoms with Gasteiger partial charge in [0.1, 0.15) is 5.75 Å². The van der Waals surface area contributed by atoms with Crippen molar-refractivity contribution in [2.24, 2.45) is 0 Å². The summed E-state index contributed by atoms with van der Waals surface area (Å²) < 4.78 is 10.4. The molecule has 2 aromatic carbocycles. The number of rotatable bonds is 6. The van der Waals surface area contributed by atoms with Crippen molar-refractivity contribution in [3.05, 3.63) is 58.7 Å². The minimum absolute atomic E-state index is 0.0936. The Labute approximate surface area is 191 Å². The SMILES string of the molecule is COc1ccc(C)cc1NC(=O)COC(=O)c1ccc2c(c1)C(=O)N(C1CCCCC1)C2=O. The number of nitrogens with zero attached hydrogens (tertiary/aromatic N) is 1. The van der Waals surface area contributed by atoms with Gasteiger partial charge in [-0.3, -0.25) is 19.3 Å². The predicted octanol–water partition coefficient (Wildman–Crippen LogP) is 3.73. The van der Waals surface area contributed by atoms with E-state index in [1.54, 1.807) is 12.1 Å². The van der Waals surface area contributed by atoms with Gasteiger partial charge in [0.2, 0.25) is 0 Å². The van der Waals surface area contributed by atoms with E-state index in [4.69, 9.17) is 9.47 Å². The van der Waals surface area contributed by atoms with Crippen molar-refractivity contribution in [1.82, 2.24) is 4.90 Å². The second kappa shape index (κ2) is 9.44. The Bertz CT molecular complexity index is 1120. The quantitative estimate of drug-likeness (QED) is 0.532. The maximum Gasteiger partial charge on any atom is 0.338 e. The highest BCUT2D eigenvalue weighted by atomic mass is 16.5. The van der Waals surface area contributed by atoms with E-state index in [2.05, 4.69) is 5.32 Å². The topological polar surface area (TPSA) is 102 Å². The number of methoxy groups -OCH3 is 1. The molecule has 1 saturated carbocycles. The molecule has 1 fully saturated rings. The first kappa shape index (κ1) is 22.5. The Hall–Kier alpha value is -3.68. The van der Waals surface area contributed by atoms with Gasteiger partial charge in [0.25, 0.3) is 17.7 Å². The average Bonchev–Trinajstić information content (AvgIpc) is 3.07. The summed E-state index contributed by atoms with van der Waals surface area (Å²) in [6.07, 6.45) is 4.71. The smallest absolute Gasteiger partial charge is 0.338 e. The molecule has 0 bridgehead atoms. The lowest BCUT2D eigenvalue weighted by atomic mass is 9.94. The van der Waals surface area contributed by atoms with Crippen molar-refractivity contribution < 1.29 is 28.7 Å². The third-order valence-electron chi connectivity index (χ3n) is 6.06. The van der Waals surface area contributed by atoms with E-state index >= 15 is 0 Å². The normalized spacial score (nSPS) is 15.9. The zero-order valence-electron chi connectivity index (χ0n) is 18.7. The molecule has 2 aliphatic rings. The fourth-order valence-corrected chi connectivity index (χ4v) is 4.38. The number of ether oxygens (including phenoxy) is 2. The highest BCUT2D eigenvalue weighted by Gasteiger charge is 2.40. The van der Waals surface area contributed by atoms with Crippen LogP contribution in [0.25, 0.3) is 0 Å². The number of carbonyl (C=O) groups is 4. The minimum atomic E-state index is -0.750. The summed E-state index contributed by atoms with van der Waals surface area (Å²) >= 11 is 0. The first-order valence-corrected chi connectivity index (χ1v) is 11.0. The van der Waals surface area contributed by atoms with Crippen molar-refractivity contribution in [2.75, 3.05) is 19.0 Å². The summed E-state index contributed by atoms with van der Waals surface area (Å²) in [4.78, 5) is 51.8. The Morgan fingerprint density at radius 1 is 1.00 bits per heavy atom. The molecule has 1 heterocycles. The lowest BCUT2D eigenvalue weighted by Crippen LogP contribution is -2.40. The van der Waals surface area contributed by atoms with Gasteiger partial charge in [0.15, 0.2) is 6.61 Å². The molecule has 1 N–H and O–H groups in total. The molecule has 172 valence electrons. The Morgan fingerprint density at radius 2 is 1.73 bits per heavy atom. The molecular formula is C25H26N2O6. The molecule has 4 rings (SSSR count). The maximum absolute atomic E-state index is 12.9. The number of nitrogens with one attached hydrogen (secondary N) is 1. The average molecular weight is 450 g/mol. The van der Waals surface area contributed by atoms with E-state index in [0.717, 1.165) is 37.7 Å². The first-order valence-electron chi connectivity index (χ1n) is 11.0. The Kier molecular flexibility index (Phi) is 6.44. The van der Waals surface area contributed by atoms with Gasteiger partial charge < -0.3 is 14.8 Å². The lowest BCUT2D eigenvalue weighted by molar-refractivity contribution is -0.119. The molecule has 2 aromatic rings. The summed E-state index contributed by atoms with van der Waals surface area (Å²) in [7, 11) is 1.50. The van der Waals surface area contributed by atoms with Crippen LogP contribution in [0.2, 0.25) is 0 Å². The van der Waals surface area contributed by atoms with Crippen LogP contribution in [-0.4, -0.2) is 48.3 Å². The number of fused-ring (bicyclic) bond motifs is 1. The van der Waals surface area contributed by atoms with Gasteiger partial charge in [-0.1, -0.05) is 25.3 Å². The van der Waals surface area contributed by atoms with E-state index in [9.17, 15) is 19.2 Å².